The third-order valence-electron chi connectivity index (χ3n) is 27.0. The fourth-order valence-corrected chi connectivity index (χ4v) is 26.6. The fraction of sp³-hybridized carbons (Fsp3) is 0.464. The number of anilines is 4. The van der Waals surface area contributed by atoms with Gasteiger partial charge in [0, 0.05) is 118 Å². The molecule has 51 heteroatoms. The Kier molecular flexibility index (Phi) is 29.6. The maximum absolute atomic E-state index is 12.7. The van der Waals surface area contributed by atoms with Gasteiger partial charge in [-0.3, -0.25) is 0 Å². The van der Waals surface area contributed by atoms with E-state index in [9.17, 15) is 32.3 Å². The summed E-state index contributed by atoms with van der Waals surface area (Å²) in [4.78, 5) is 40.1. The summed E-state index contributed by atoms with van der Waals surface area (Å²) in [5.41, 5.74) is 28.4. The van der Waals surface area contributed by atoms with Crippen molar-refractivity contribution in [3.63, 3.8) is 0 Å². The standard InChI is InChI=1S/C22H23Cl2N7O2S.C21H25Cl2N7O4S2.C21H24Cl2N6OS.C20H23Cl2N7O3S2/c1-12-19(26)22(11-33-12)5-7-30(8-6-22)21-27-14(9-25)18(20-29-28-16(10-32)31(20)21)34-15-4-2-3-13(23)17(15)24;1-11-17(24)21(10-34-11)5-7-29(8-6-21)20-26-19(36(25,32)33)16(18-28-27-14(9-31)30(18)20)35-13-4-2-3-12(22)15(13)23;1-12-17(31-15-5-3-4-14(22)16(15)23)19-25-11-26-29(19)20(27-12)28-8-6-21(7-9-28)10-30-13(2)18(21)24;1-11-16(23)20(9-32-11)5-7-28(8-6-20)19-27-18(34(24,30)31)15(17-25-10-26-29(17)19)33-13-4-2-3-12(21)14(13)22/h2-4,12,19,32H,5-8,10-11,26H2,1H3;2-4,11,17,31H,5-10,24H2,1H3,(H2,25,32,33);3-5,11,13,18H,6-10,24H2,1-2H3;2-4,10-11,16H,5-9,23H2,1H3,(H2,24,30,31). The van der Waals surface area contributed by atoms with Gasteiger partial charge in [0.15, 0.2) is 50.0 Å². The highest BCUT2D eigenvalue weighted by Gasteiger charge is 2.53. The summed E-state index contributed by atoms with van der Waals surface area (Å²) in [6.45, 7) is 17.3. The van der Waals surface area contributed by atoms with Crippen LogP contribution in [0.4, 0.5) is 23.8 Å². The molecule has 12 aromatic rings. The number of halogens is 8. The van der Waals surface area contributed by atoms with Crippen LogP contribution in [0.5, 0.6) is 0 Å². The molecule has 8 fully saturated rings. The smallest absolute Gasteiger partial charge is 0.256 e. The van der Waals surface area contributed by atoms with Crippen molar-refractivity contribution in [2.45, 2.75) is 197 Å². The molecule has 4 spiro atoms. The van der Waals surface area contributed by atoms with E-state index in [-0.39, 0.29) is 125 Å². The zero-order valence-electron chi connectivity index (χ0n) is 73.2. The molecule has 8 aromatic heterocycles. The molecule has 20 rings (SSSR count). The highest BCUT2D eigenvalue weighted by atomic mass is 35.5. The molecule has 0 radical (unpaired) electrons. The van der Waals surface area contributed by atoms with Crippen LogP contribution in [0.2, 0.25) is 40.2 Å². The lowest BCUT2D eigenvalue weighted by atomic mass is 9.73. The van der Waals surface area contributed by atoms with Crippen LogP contribution in [0.3, 0.4) is 0 Å². The van der Waals surface area contributed by atoms with Gasteiger partial charge in [0.25, 0.3) is 20.0 Å². The number of primary sulfonamides is 2. The number of aromatic nitrogens is 16. The first-order valence-electron chi connectivity index (χ1n) is 43.1. The molecule has 16 heterocycles. The number of hydrogen-bond donors (Lipinski definition) is 8. The van der Waals surface area contributed by atoms with Gasteiger partial charge in [0.2, 0.25) is 23.8 Å². The van der Waals surface area contributed by atoms with Crippen molar-refractivity contribution in [2.24, 2.45) is 54.9 Å². The maximum atomic E-state index is 12.7. The van der Waals surface area contributed by atoms with Crippen molar-refractivity contribution in [2.75, 3.05) is 98.4 Å². The van der Waals surface area contributed by atoms with Gasteiger partial charge in [-0.2, -0.15) is 34.5 Å². The normalized spacial score (nSPS) is 22.5. The van der Waals surface area contributed by atoms with Gasteiger partial charge in [0.05, 0.1) is 116 Å². The third-order valence-corrected chi connectivity index (χ3v) is 37.3. The molecule has 718 valence electrons. The number of nitrogens with two attached hydrogens (primary N) is 6. The summed E-state index contributed by atoms with van der Waals surface area (Å²) >= 11 is 55.0. The van der Waals surface area contributed by atoms with Crippen LogP contribution in [-0.4, -0.2) is 233 Å². The van der Waals surface area contributed by atoms with Gasteiger partial charge >= 0.3 is 0 Å². The van der Waals surface area contributed by atoms with Crippen molar-refractivity contribution in [3.8, 4) is 6.07 Å². The quantitative estimate of drug-likeness (QED) is 0.0416. The minimum absolute atomic E-state index is 0.00954. The number of piperidine rings is 4. The van der Waals surface area contributed by atoms with Crippen molar-refractivity contribution < 1.29 is 46.0 Å². The van der Waals surface area contributed by atoms with E-state index in [1.54, 1.807) is 69.7 Å². The lowest BCUT2D eigenvalue weighted by molar-refractivity contribution is 0.0972. The second-order valence-corrected chi connectivity index (χ2v) is 45.1. The van der Waals surface area contributed by atoms with E-state index in [2.05, 4.69) is 73.3 Å². The molecule has 0 amide bonds. The molecule has 135 heavy (non-hydrogen) atoms. The van der Waals surface area contributed by atoms with Crippen LogP contribution < -0.4 is 52.8 Å². The summed E-state index contributed by atoms with van der Waals surface area (Å²) < 4.78 is 80.6. The number of aliphatic hydroxyl groups is 2. The van der Waals surface area contributed by atoms with Crippen LogP contribution in [0.15, 0.2) is 135 Å². The molecule has 0 bridgehead atoms. The summed E-state index contributed by atoms with van der Waals surface area (Å²) in [6.07, 6.45) is 9.73. The largest absolute Gasteiger partial charge is 0.388 e. The van der Waals surface area contributed by atoms with Crippen molar-refractivity contribution in [1.82, 2.24) is 78.3 Å². The van der Waals surface area contributed by atoms with Gasteiger partial charge in [-0.05, 0) is 135 Å². The number of nitrogens with zero attached hydrogens (tertiary/aromatic N) is 21. The summed E-state index contributed by atoms with van der Waals surface area (Å²) in [5.74, 6) is 2.52. The van der Waals surface area contributed by atoms with Gasteiger partial charge in [0.1, 0.15) is 31.9 Å². The number of benzene rings is 4. The molecule has 8 aliphatic rings. The number of hydrogen-bond acceptors (Lipinski definition) is 35. The van der Waals surface area contributed by atoms with Crippen LogP contribution >= 0.6 is 140 Å². The second-order valence-electron chi connectivity index (χ2n) is 34.7. The molecule has 8 aliphatic heterocycles. The number of rotatable bonds is 16. The predicted molar refractivity (Wildman–Crippen MR) is 519 cm³/mol. The number of ether oxygens (including phenoxy) is 4. The van der Waals surface area contributed by atoms with Crippen LogP contribution in [-0.2, 0) is 52.2 Å². The highest BCUT2D eigenvalue weighted by molar-refractivity contribution is 8.01. The molecular formula is C84H95Cl8N27O10S6. The molecule has 37 nitrogen and oxygen atoms in total. The van der Waals surface area contributed by atoms with Crippen LogP contribution in [0, 0.1) is 39.9 Å². The third kappa shape index (κ3) is 19.2. The maximum Gasteiger partial charge on any atom is 0.256 e. The molecular weight excluding hydrogens is 2020 g/mol. The Hall–Kier alpha value is -7.09. The van der Waals surface area contributed by atoms with Gasteiger partial charge < -0.3 is 71.7 Å². The summed E-state index contributed by atoms with van der Waals surface area (Å²) in [5, 5.41) is 69.0. The van der Waals surface area contributed by atoms with E-state index in [1.165, 1.54) is 34.4 Å². The van der Waals surface area contributed by atoms with Crippen molar-refractivity contribution in [1.29, 1.82) is 5.26 Å². The number of sulfonamides is 2. The Bertz CT molecular complexity index is 6800. The Morgan fingerprint density at radius 3 is 1.03 bits per heavy atom. The van der Waals surface area contributed by atoms with E-state index >= 15 is 0 Å². The van der Waals surface area contributed by atoms with Crippen molar-refractivity contribution in [3.05, 3.63) is 149 Å². The molecule has 0 saturated carbocycles. The number of aryl methyl sites for hydroxylation is 1. The summed E-state index contributed by atoms with van der Waals surface area (Å²) in [6, 6.07) is 23.1. The fourth-order valence-electron chi connectivity index (χ4n) is 18.8. The minimum Gasteiger partial charge on any atom is -0.388 e. The lowest BCUT2D eigenvalue weighted by Gasteiger charge is -2.41. The first-order valence-corrected chi connectivity index (χ1v) is 52.5. The Labute approximate surface area is 833 Å². The Balaban J connectivity index is 0.000000125. The topological polar surface area (TPSA) is 511 Å². The minimum atomic E-state index is -4.28. The second kappa shape index (κ2) is 40.1. The first kappa shape index (κ1) is 99.5. The first-order chi connectivity index (χ1) is 64.4. The Morgan fingerprint density at radius 2 is 0.711 bits per heavy atom. The SMILES string of the molecule is CC1OCC2(CCN(c3nc(C#N)c(Sc4cccc(Cl)c4Cl)c4nnc(CO)n34)CC2)C1N.CC1OCC2(CCN(c3nc(S(N)(=O)=O)c(Sc4cccc(Cl)c4Cl)c4ncnn34)CC2)C1N.CC1OCC2(CCN(c3nc(S(N)(=O)=O)c(Sc4cccc(Cl)c4Cl)c4nnc(CO)n34)CC2)C1N.Cc1nc(N2CCC3(CC2)COC(C)C3N)n2ncnc2c1Sc1cccc(Cl)c1Cl. The van der Waals surface area contributed by atoms with E-state index in [4.69, 9.17) is 155 Å². The monoisotopic (exact) mass is 2110 g/mol. The van der Waals surface area contributed by atoms with Crippen LogP contribution in [0.25, 0.3) is 22.6 Å². The molecule has 8 saturated heterocycles. The molecule has 4 aromatic carbocycles. The number of nitriles is 1. The van der Waals surface area contributed by atoms with E-state index in [0.29, 0.717) is 143 Å². The molecule has 14 N–H and O–H groups in total. The van der Waals surface area contributed by atoms with Crippen molar-refractivity contribution >= 4 is 206 Å². The molecule has 8 unspecified atom stereocenters. The van der Waals surface area contributed by atoms with E-state index in [1.807, 2.05) is 60.2 Å². The van der Waals surface area contributed by atoms with E-state index in [0.717, 1.165) is 122 Å². The van der Waals surface area contributed by atoms with Crippen LogP contribution in [0.1, 0.15) is 102 Å². The van der Waals surface area contributed by atoms with Gasteiger partial charge in [-0.25, -0.2) is 55.9 Å². The molecule has 0 aliphatic carbocycles. The average Bonchev–Trinajstić information content (AvgIpc) is 1.65. The summed E-state index contributed by atoms with van der Waals surface area (Å²) in [7, 11) is -8.48. The number of fused-ring (bicyclic) bond motifs is 4. The highest BCUT2D eigenvalue weighted by Crippen LogP contribution is 2.51. The Morgan fingerprint density at radius 1 is 0.422 bits per heavy atom. The average molecular weight is 2120 g/mol. The zero-order chi connectivity index (χ0) is 95.9. The zero-order valence-corrected chi connectivity index (χ0v) is 84.2. The molecule has 8 atom stereocenters. The van der Waals surface area contributed by atoms with Gasteiger partial charge in [-0.15, -0.1) is 20.4 Å². The lowest BCUT2D eigenvalue weighted by Crippen LogP contribution is -2.51. The number of aliphatic hydroxyl groups excluding tert-OH is 2. The van der Waals surface area contributed by atoms with E-state index < -0.39 is 26.7 Å². The van der Waals surface area contributed by atoms with Gasteiger partial charge in [-0.1, -0.05) is 164 Å². The predicted octanol–water partition coefficient (Wildman–Crippen LogP) is 12.1.